The van der Waals surface area contributed by atoms with Crippen LogP contribution in [-0.2, 0) is 40.4 Å². The van der Waals surface area contributed by atoms with Crippen LogP contribution in [0.4, 0.5) is 0 Å². The van der Waals surface area contributed by atoms with Crippen molar-refractivity contribution in [2.75, 3.05) is 6.54 Å². The summed E-state index contributed by atoms with van der Waals surface area (Å²) in [6, 6.07) is 19.7. The van der Waals surface area contributed by atoms with E-state index in [4.69, 9.17) is 9.47 Å². The third-order valence-corrected chi connectivity index (χ3v) is 5.63. The van der Waals surface area contributed by atoms with Gasteiger partial charge in [0.25, 0.3) is 5.91 Å². The number of amides is 1. The van der Waals surface area contributed by atoms with Gasteiger partial charge >= 0.3 is 0 Å². The summed E-state index contributed by atoms with van der Waals surface area (Å²) in [5.41, 5.74) is 3.68. The van der Waals surface area contributed by atoms with E-state index in [0.717, 1.165) is 36.1 Å². The predicted octanol–water partition coefficient (Wildman–Crippen LogP) is 5.01. The molecule has 0 atom stereocenters. The number of allylic oxidation sites excluding steroid dienone is 1. The molecule has 0 radical (unpaired) electrons. The monoisotopic (exact) mass is 472 g/mol. The summed E-state index contributed by atoms with van der Waals surface area (Å²) in [5.74, 6) is 0.536. The lowest BCUT2D eigenvalue weighted by Crippen LogP contribution is -2.27. The van der Waals surface area contributed by atoms with Crippen molar-refractivity contribution in [3.63, 3.8) is 0 Å². The quantitative estimate of drug-likeness (QED) is 0.371. The minimum Gasteiger partial charge on any atom is -0.483 e. The van der Waals surface area contributed by atoms with E-state index in [0.29, 0.717) is 31.2 Å². The van der Waals surface area contributed by atoms with Crippen molar-refractivity contribution >= 4 is 5.91 Å². The van der Waals surface area contributed by atoms with Crippen LogP contribution in [0.5, 0.6) is 0 Å². The molecular formula is C28H32N4O3. The third kappa shape index (κ3) is 6.18. The molecule has 1 aliphatic rings. The average molecular weight is 473 g/mol. The highest BCUT2D eigenvalue weighted by Gasteiger charge is 2.38. The molecule has 1 aromatic heterocycles. The fraction of sp³-hybridized carbons (Fsp3) is 0.321. The van der Waals surface area contributed by atoms with Gasteiger partial charge in [-0.2, -0.15) is 0 Å². The summed E-state index contributed by atoms with van der Waals surface area (Å²) in [4.78, 5) is 15.2. The number of carbonyl (C=O) groups excluding carboxylic acids is 1. The second kappa shape index (κ2) is 12.0. The fourth-order valence-corrected chi connectivity index (χ4v) is 3.92. The van der Waals surface area contributed by atoms with Crippen molar-refractivity contribution in [2.24, 2.45) is 0 Å². The van der Waals surface area contributed by atoms with E-state index in [-0.39, 0.29) is 18.3 Å². The third-order valence-electron chi connectivity index (χ3n) is 5.63. The maximum atomic E-state index is 13.4. The summed E-state index contributed by atoms with van der Waals surface area (Å²) in [7, 11) is 0. The van der Waals surface area contributed by atoms with Gasteiger partial charge in [-0.05, 0) is 30.0 Å². The van der Waals surface area contributed by atoms with Crippen LogP contribution in [0.25, 0.3) is 0 Å². The Balaban J connectivity index is 1.63. The molecule has 7 heteroatoms. The van der Waals surface area contributed by atoms with Gasteiger partial charge in [0, 0.05) is 12.7 Å². The summed E-state index contributed by atoms with van der Waals surface area (Å²) < 4.78 is 14.1. The van der Waals surface area contributed by atoms with Gasteiger partial charge in [0.15, 0.2) is 5.76 Å². The van der Waals surface area contributed by atoms with Crippen molar-refractivity contribution < 1.29 is 14.3 Å². The zero-order valence-corrected chi connectivity index (χ0v) is 20.4. The number of aryl methyl sites for hydroxylation is 1. The van der Waals surface area contributed by atoms with E-state index in [1.807, 2.05) is 79.9 Å². The second-order valence-corrected chi connectivity index (χ2v) is 8.43. The normalized spacial score (nSPS) is 14.7. The zero-order chi connectivity index (χ0) is 24.5. The van der Waals surface area contributed by atoms with Crippen LogP contribution in [0, 0.1) is 0 Å². The van der Waals surface area contributed by atoms with Crippen molar-refractivity contribution in [3.8, 4) is 0 Å². The fourth-order valence-electron chi connectivity index (χ4n) is 3.92. The highest BCUT2D eigenvalue weighted by Crippen LogP contribution is 2.33. The van der Waals surface area contributed by atoms with Gasteiger partial charge in [0.05, 0.1) is 17.9 Å². The lowest BCUT2D eigenvalue weighted by atomic mass is 10.2. The summed E-state index contributed by atoms with van der Waals surface area (Å²) in [6.45, 7) is 5.83. The smallest absolute Gasteiger partial charge is 0.297 e. The van der Waals surface area contributed by atoms with Gasteiger partial charge in [0.2, 0.25) is 5.76 Å². The molecule has 0 unspecified atom stereocenters. The molecule has 7 nitrogen and oxygen atoms in total. The average Bonchev–Trinajstić information content (AvgIpc) is 3.44. The van der Waals surface area contributed by atoms with E-state index < -0.39 is 0 Å². The Hall–Kier alpha value is -3.87. The molecule has 0 saturated carbocycles. The number of hydrogen-bond acceptors (Lipinski definition) is 5. The summed E-state index contributed by atoms with van der Waals surface area (Å²) in [5, 5.41) is 8.46. The largest absolute Gasteiger partial charge is 0.483 e. The van der Waals surface area contributed by atoms with Gasteiger partial charge in [-0.1, -0.05) is 86.1 Å². The number of rotatable bonds is 12. The lowest BCUT2D eigenvalue weighted by molar-refractivity contribution is -0.127. The number of hydrogen-bond donors (Lipinski definition) is 0. The molecule has 2 aromatic carbocycles. The molecule has 0 saturated heterocycles. The van der Waals surface area contributed by atoms with Crippen LogP contribution < -0.4 is 0 Å². The Labute approximate surface area is 206 Å². The minimum atomic E-state index is -0.178. The number of nitrogens with zero attached hydrogens (tertiary/aromatic N) is 4. The highest BCUT2D eigenvalue weighted by atomic mass is 16.5. The standard InChI is InChI=1S/C28H32N4O3/c1-3-11-24-19-31(30-29-24)18-16-25-26(34-20-22-12-7-5-8-13-22)27(28(33)32(25)17-4-2)35-21-23-14-9-6-10-15-23/h5-10,12-16,19H,3-4,11,17-18,20-21H2,1-2H3/b25-16-. The molecule has 0 spiro atoms. The van der Waals surface area contributed by atoms with Gasteiger partial charge in [-0.15, -0.1) is 5.10 Å². The molecule has 0 N–H and O–H groups in total. The summed E-state index contributed by atoms with van der Waals surface area (Å²) >= 11 is 0. The van der Waals surface area contributed by atoms with Crippen molar-refractivity contribution in [1.82, 2.24) is 19.9 Å². The molecule has 3 aromatic rings. The molecule has 35 heavy (non-hydrogen) atoms. The maximum absolute atomic E-state index is 13.4. The predicted molar refractivity (Wildman–Crippen MR) is 134 cm³/mol. The Morgan fingerprint density at radius 2 is 1.49 bits per heavy atom. The molecular weight excluding hydrogens is 440 g/mol. The summed E-state index contributed by atoms with van der Waals surface area (Å²) in [6.07, 6.45) is 6.63. The molecule has 0 aliphatic carbocycles. The first-order valence-corrected chi connectivity index (χ1v) is 12.2. The van der Waals surface area contributed by atoms with Gasteiger partial charge in [-0.3, -0.25) is 4.79 Å². The molecule has 0 bridgehead atoms. The first-order chi connectivity index (χ1) is 17.2. The van der Waals surface area contributed by atoms with Gasteiger partial charge < -0.3 is 14.4 Å². The van der Waals surface area contributed by atoms with Crippen LogP contribution in [0.15, 0.2) is 90.2 Å². The first kappa shape index (κ1) is 24.3. The van der Waals surface area contributed by atoms with Gasteiger partial charge in [0.1, 0.15) is 13.2 Å². The van der Waals surface area contributed by atoms with Crippen LogP contribution in [0.1, 0.15) is 43.5 Å². The van der Waals surface area contributed by atoms with Crippen LogP contribution in [-0.4, -0.2) is 32.3 Å². The SMILES string of the molecule is CCCc1cn(C/C=C2/C(OCc3ccccc3)=C(OCc3ccccc3)C(=O)N2CCC)nn1. The van der Waals surface area contributed by atoms with E-state index in [2.05, 4.69) is 17.2 Å². The van der Waals surface area contributed by atoms with E-state index >= 15 is 0 Å². The van der Waals surface area contributed by atoms with E-state index in [1.54, 1.807) is 9.58 Å². The second-order valence-electron chi connectivity index (χ2n) is 8.43. The lowest BCUT2D eigenvalue weighted by Gasteiger charge is -2.18. The molecule has 2 heterocycles. The minimum absolute atomic E-state index is 0.178. The number of aromatic nitrogens is 3. The Kier molecular flexibility index (Phi) is 8.33. The number of ether oxygens (including phenoxy) is 2. The molecule has 182 valence electrons. The zero-order valence-electron chi connectivity index (χ0n) is 20.4. The van der Waals surface area contributed by atoms with Crippen LogP contribution in [0.3, 0.4) is 0 Å². The van der Waals surface area contributed by atoms with Gasteiger partial charge in [-0.25, -0.2) is 4.68 Å². The molecule has 1 amide bonds. The number of benzene rings is 2. The van der Waals surface area contributed by atoms with Crippen molar-refractivity contribution in [3.05, 3.63) is 107 Å². The maximum Gasteiger partial charge on any atom is 0.297 e. The highest BCUT2D eigenvalue weighted by molar-refractivity contribution is 5.98. The Bertz CT molecular complexity index is 1170. The molecule has 0 fully saturated rings. The van der Waals surface area contributed by atoms with E-state index in [9.17, 15) is 4.79 Å². The molecule has 4 rings (SSSR count). The van der Waals surface area contributed by atoms with E-state index in [1.165, 1.54) is 0 Å². The Morgan fingerprint density at radius 1 is 0.857 bits per heavy atom. The first-order valence-electron chi connectivity index (χ1n) is 12.2. The van der Waals surface area contributed by atoms with Crippen molar-refractivity contribution in [1.29, 1.82) is 0 Å². The van der Waals surface area contributed by atoms with Crippen LogP contribution in [0.2, 0.25) is 0 Å². The van der Waals surface area contributed by atoms with Crippen molar-refractivity contribution in [2.45, 2.75) is 52.9 Å². The Morgan fingerprint density at radius 3 is 2.09 bits per heavy atom. The van der Waals surface area contributed by atoms with Crippen LogP contribution >= 0.6 is 0 Å². The molecule has 1 aliphatic heterocycles. The number of carbonyl (C=O) groups is 1. The topological polar surface area (TPSA) is 69.5 Å².